The lowest BCUT2D eigenvalue weighted by molar-refractivity contribution is 0.264. The molecule has 6 heteroatoms. The van der Waals surface area contributed by atoms with Gasteiger partial charge in [-0.2, -0.15) is 4.31 Å². The third-order valence-electron chi connectivity index (χ3n) is 3.82. The van der Waals surface area contributed by atoms with Crippen LogP contribution in [0.25, 0.3) is 0 Å². The van der Waals surface area contributed by atoms with Crippen LogP contribution in [0.1, 0.15) is 26.7 Å². The molecule has 1 aromatic rings. The molecule has 0 aliphatic carbocycles. The summed E-state index contributed by atoms with van der Waals surface area (Å²) in [6, 6.07) is 5.07. The van der Waals surface area contributed by atoms with Crippen molar-refractivity contribution in [3.63, 3.8) is 0 Å². The van der Waals surface area contributed by atoms with Gasteiger partial charge in [-0.05, 0) is 63.9 Å². The van der Waals surface area contributed by atoms with Gasteiger partial charge in [0.2, 0.25) is 10.0 Å². The fraction of sp³-hybridized carbons (Fsp3) is 0.600. The number of hydrogen-bond donors (Lipinski definition) is 1. The minimum atomic E-state index is -3.66. The quantitative estimate of drug-likeness (QED) is 0.906. The molecule has 0 spiro atoms. The predicted molar refractivity (Wildman–Crippen MR) is 81.0 cm³/mol. The number of rotatable bonds is 5. The molecule has 1 N–H and O–H groups in total. The van der Waals surface area contributed by atoms with Gasteiger partial charge in [-0.25, -0.2) is 12.8 Å². The molecule has 0 aromatic heterocycles. The summed E-state index contributed by atoms with van der Waals surface area (Å²) in [6.07, 6.45) is 2.09. The molecule has 1 atom stereocenters. The Balaban J connectivity index is 2.23. The number of halogens is 1. The van der Waals surface area contributed by atoms with Crippen LogP contribution in [0, 0.1) is 11.7 Å². The van der Waals surface area contributed by atoms with Crippen molar-refractivity contribution in [1.29, 1.82) is 0 Å². The summed E-state index contributed by atoms with van der Waals surface area (Å²) in [6.45, 7) is 6.01. The van der Waals surface area contributed by atoms with E-state index in [0.717, 1.165) is 32.0 Å². The Bertz CT molecular complexity index is 569. The summed E-state index contributed by atoms with van der Waals surface area (Å²) in [5, 5.41) is 3.30. The normalized spacial score (nSPS) is 20.1. The van der Waals surface area contributed by atoms with Crippen LogP contribution in [0.2, 0.25) is 0 Å². The first-order valence-corrected chi connectivity index (χ1v) is 8.83. The molecule has 118 valence electrons. The van der Waals surface area contributed by atoms with Crippen LogP contribution in [0.15, 0.2) is 29.2 Å². The van der Waals surface area contributed by atoms with Crippen LogP contribution < -0.4 is 5.32 Å². The third-order valence-corrected chi connectivity index (χ3v) is 5.85. The second kappa shape index (κ2) is 6.85. The Hall–Kier alpha value is -0.980. The Morgan fingerprint density at radius 2 is 2.19 bits per heavy atom. The molecule has 0 saturated carbocycles. The van der Waals surface area contributed by atoms with Crippen molar-refractivity contribution in [3.8, 4) is 0 Å². The Morgan fingerprint density at radius 3 is 2.76 bits per heavy atom. The molecule has 1 aliphatic heterocycles. The summed E-state index contributed by atoms with van der Waals surface area (Å²) in [5.74, 6) is -0.219. The summed E-state index contributed by atoms with van der Waals surface area (Å²) >= 11 is 0. The van der Waals surface area contributed by atoms with E-state index in [9.17, 15) is 12.8 Å². The van der Waals surface area contributed by atoms with Gasteiger partial charge in [0.1, 0.15) is 5.82 Å². The molecule has 0 radical (unpaired) electrons. The standard InChI is InChI=1S/C15H23FN2O2S/c1-12(2)18(11-13-5-4-8-17-10-13)21(19,20)15-7-3-6-14(16)9-15/h3,6-7,9,12-13,17H,4-5,8,10-11H2,1-2H3. The van der Waals surface area contributed by atoms with E-state index in [1.54, 1.807) is 0 Å². The molecular weight excluding hydrogens is 291 g/mol. The van der Waals surface area contributed by atoms with Crippen LogP contribution in [-0.2, 0) is 10.0 Å². The SMILES string of the molecule is CC(C)N(CC1CCCNC1)S(=O)(=O)c1cccc(F)c1. The number of benzene rings is 1. The maximum atomic E-state index is 13.3. The van der Waals surface area contributed by atoms with Gasteiger partial charge >= 0.3 is 0 Å². The fourth-order valence-electron chi connectivity index (χ4n) is 2.68. The maximum absolute atomic E-state index is 13.3. The summed E-state index contributed by atoms with van der Waals surface area (Å²) in [7, 11) is -3.66. The summed E-state index contributed by atoms with van der Waals surface area (Å²) in [5.41, 5.74) is 0. The highest BCUT2D eigenvalue weighted by Gasteiger charge is 2.30. The van der Waals surface area contributed by atoms with Gasteiger partial charge in [-0.1, -0.05) is 6.07 Å². The van der Waals surface area contributed by atoms with E-state index in [2.05, 4.69) is 5.32 Å². The van der Waals surface area contributed by atoms with Crippen molar-refractivity contribution in [3.05, 3.63) is 30.1 Å². The van der Waals surface area contributed by atoms with Gasteiger partial charge in [-0.3, -0.25) is 0 Å². The van der Waals surface area contributed by atoms with E-state index in [-0.39, 0.29) is 10.9 Å². The van der Waals surface area contributed by atoms with Crippen LogP contribution in [0.3, 0.4) is 0 Å². The zero-order valence-corrected chi connectivity index (χ0v) is 13.4. The maximum Gasteiger partial charge on any atom is 0.243 e. The van der Waals surface area contributed by atoms with Gasteiger partial charge in [-0.15, -0.1) is 0 Å². The first kappa shape index (κ1) is 16.4. The first-order valence-electron chi connectivity index (χ1n) is 7.39. The van der Waals surface area contributed by atoms with Crippen LogP contribution in [-0.4, -0.2) is 38.4 Å². The Kier molecular flexibility index (Phi) is 5.35. The third kappa shape index (κ3) is 4.02. The first-order chi connectivity index (χ1) is 9.91. The average Bonchev–Trinajstić information content (AvgIpc) is 2.45. The van der Waals surface area contributed by atoms with E-state index in [4.69, 9.17) is 0 Å². The number of piperidine rings is 1. The van der Waals surface area contributed by atoms with Crippen LogP contribution >= 0.6 is 0 Å². The number of sulfonamides is 1. The zero-order valence-electron chi connectivity index (χ0n) is 12.5. The van der Waals surface area contributed by atoms with E-state index >= 15 is 0 Å². The highest BCUT2D eigenvalue weighted by Crippen LogP contribution is 2.22. The van der Waals surface area contributed by atoms with Crippen molar-refractivity contribution in [1.82, 2.24) is 9.62 Å². The highest BCUT2D eigenvalue weighted by molar-refractivity contribution is 7.89. The molecule has 1 heterocycles. The molecule has 1 saturated heterocycles. The average molecular weight is 314 g/mol. The van der Waals surface area contributed by atoms with Gasteiger partial charge in [0.15, 0.2) is 0 Å². The number of hydrogen-bond acceptors (Lipinski definition) is 3. The van der Waals surface area contributed by atoms with E-state index < -0.39 is 15.8 Å². The topological polar surface area (TPSA) is 49.4 Å². The highest BCUT2D eigenvalue weighted by atomic mass is 32.2. The molecular formula is C15H23FN2O2S. The molecule has 0 bridgehead atoms. The van der Waals surface area contributed by atoms with Gasteiger partial charge in [0.25, 0.3) is 0 Å². The van der Waals surface area contributed by atoms with Gasteiger partial charge in [0.05, 0.1) is 4.90 Å². The van der Waals surface area contributed by atoms with E-state index in [0.29, 0.717) is 12.5 Å². The van der Waals surface area contributed by atoms with Crippen molar-refractivity contribution in [2.24, 2.45) is 5.92 Å². The fourth-order valence-corrected chi connectivity index (χ4v) is 4.43. The van der Waals surface area contributed by atoms with Crippen molar-refractivity contribution < 1.29 is 12.8 Å². The number of nitrogens with one attached hydrogen (secondary N) is 1. The molecule has 0 amide bonds. The van der Waals surface area contributed by atoms with Gasteiger partial charge in [0, 0.05) is 12.6 Å². The second-order valence-corrected chi connectivity index (χ2v) is 7.73. The summed E-state index contributed by atoms with van der Waals surface area (Å²) < 4.78 is 40.3. The number of nitrogens with zero attached hydrogens (tertiary/aromatic N) is 1. The molecule has 21 heavy (non-hydrogen) atoms. The lowest BCUT2D eigenvalue weighted by Crippen LogP contribution is -2.44. The monoisotopic (exact) mass is 314 g/mol. The van der Waals surface area contributed by atoms with Gasteiger partial charge < -0.3 is 5.32 Å². The minimum absolute atomic E-state index is 0.0277. The molecule has 2 rings (SSSR count). The zero-order chi connectivity index (χ0) is 15.5. The van der Waals surface area contributed by atoms with E-state index in [1.807, 2.05) is 13.8 Å². The lowest BCUT2D eigenvalue weighted by atomic mass is 9.99. The second-order valence-electron chi connectivity index (χ2n) is 5.84. The lowest BCUT2D eigenvalue weighted by Gasteiger charge is -2.32. The minimum Gasteiger partial charge on any atom is -0.316 e. The van der Waals surface area contributed by atoms with Crippen molar-refractivity contribution in [2.45, 2.75) is 37.6 Å². The largest absolute Gasteiger partial charge is 0.316 e. The Labute approximate surface area is 126 Å². The smallest absolute Gasteiger partial charge is 0.243 e. The van der Waals surface area contributed by atoms with E-state index in [1.165, 1.54) is 22.5 Å². The molecule has 1 aliphatic rings. The predicted octanol–water partition coefficient (Wildman–Crippen LogP) is 2.22. The van der Waals surface area contributed by atoms with Crippen LogP contribution in [0.5, 0.6) is 0 Å². The Morgan fingerprint density at radius 1 is 1.43 bits per heavy atom. The molecule has 1 aromatic carbocycles. The summed E-state index contributed by atoms with van der Waals surface area (Å²) in [4.78, 5) is 0.0277. The van der Waals surface area contributed by atoms with Crippen molar-refractivity contribution in [2.75, 3.05) is 19.6 Å². The molecule has 1 unspecified atom stereocenters. The molecule has 1 fully saturated rings. The molecule has 4 nitrogen and oxygen atoms in total. The van der Waals surface area contributed by atoms with Crippen molar-refractivity contribution >= 4 is 10.0 Å². The van der Waals surface area contributed by atoms with Crippen LogP contribution in [0.4, 0.5) is 4.39 Å².